The van der Waals surface area contributed by atoms with Gasteiger partial charge in [-0.25, -0.2) is 4.39 Å². The van der Waals surface area contributed by atoms with Crippen molar-refractivity contribution in [3.05, 3.63) is 59.9 Å². The number of rotatable bonds is 5. The summed E-state index contributed by atoms with van der Waals surface area (Å²) < 4.78 is 24.4. The number of amides is 1. The smallest absolute Gasteiger partial charge is 0.253 e. The zero-order valence-electron chi connectivity index (χ0n) is 15.9. The summed E-state index contributed by atoms with van der Waals surface area (Å²) in [5, 5.41) is 0. The van der Waals surface area contributed by atoms with Gasteiger partial charge in [0.15, 0.2) is 0 Å². The van der Waals surface area contributed by atoms with E-state index in [1.165, 1.54) is 12.1 Å². The van der Waals surface area contributed by atoms with Crippen molar-refractivity contribution in [3.8, 4) is 5.75 Å². The molecule has 148 valence electrons. The number of halogens is 1. The highest BCUT2D eigenvalue weighted by Gasteiger charge is 2.22. The van der Waals surface area contributed by atoms with E-state index in [2.05, 4.69) is 4.90 Å². The fraction of sp³-hybridized carbons (Fsp3) is 0.409. The first-order valence-corrected chi connectivity index (χ1v) is 9.83. The summed E-state index contributed by atoms with van der Waals surface area (Å²) >= 11 is 0. The molecule has 2 aliphatic heterocycles. The lowest BCUT2D eigenvalue weighted by Crippen LogP contribution is -2.48. The highest BCUT2D eigenvalue weighted by atomic mass is 19.1. The van der Waals surface area contributed by atoms with Crippen molar-refractivity contribution in [2.24, 2.45) is 0 Å². The number of carbonyl (C=O) groups excluding carboxylic acids is 1. The van der Waals surface area contributed by atoms with Crippen molar-refractivity contribution in [2.75, 3.05) is 44.3 Å². The van der Waals surface area contributed by atoms with E-state index in [9.17, 15) is 9.18 Å². The third-order valence-electron chi connectivity index (χ3n) is 5.32. The van der Waals surface area contributed by atoms with E-state index in [1.807, 2.05) is 29.2 Å². The average Bonchev–Trinajstić information content (AvgIpc) is 3.27. The molecule has 4 rings (SSSR count). The standard InChI is InChI=1S/C22H25FN2O3/c23-18-5-7-19(8-6-18)24-11-13-25(14-12-24)22(26)17-3-9-20(10-4-17)28-16-21-2-1-15-27-21/h3-10,21H,1-2,11-16H2/t21-/m0/s1. The van der Waals surface area contributed by atoms with E-state index >= 15 is 0 Å². The molecule has 2 heterocycles. The second-order valence-corrected chi connectivity index (χ2v) is 7.23. The lowest BCUT2D eigenvalue weighted by molar-refractivity contribution is 0.0678. The molecule has 0 radical (unpaired) electrons. The van der Waals surface area contributed by atoms with Gasteiger partial charge >= 0.3 is 0 Å². The van der Waals surface area contributed by atoms with Gasteiger partial charge in [-0.15, -0.1) is 0 Å². The fourth-order valence-electron chi connectivity index (χ4n) is 3.66. The largest absolute Gasteiger partial charge is 0.491 e. The summed E-state index contributed by atoms with van der Waals surface area (Å²) in [6, 6.07) is 13.8. The number of benzene rings is 2. The lowest BCUT2D eigenvalue weighted by Gasteiger charge is -2.36. The second-order valence-electron chi connectivity index (χ2n) is 7.23. The molecule has 2 fully saturated rings. The van der Waals surface area contributed by atoms with E-state index in [-0.39, 0.29) is 17.8 Å². The fourth-order valence-corrected chi connectivity index (χ4v) is 3.66. The third kappa shape index (κ3) is 4.44. The SMILES string of the molecule is O=C(c1ccc(OC[C@@H]2CCCO2)cc1)N1CCN(c2ccc(F)cc2)CC1. The maximum Gasteiger partial charge on any atom is 0.253 e. The topological polar surface area (TPSA) is 42.0 Å². The normalized spacial score (nSPS) is 19.7. The molecule has 6 heteroatoms. The minimum absolute atomic E-state index is 0.0319. The summed E-state index contributed by atoms with van der Waals surface area (Å²) in [4.78, 5) is 16.8. The van der Waals surface area contributed by atoms with Gasteiger partial charge < -0.3 is 19.3 Å². The number of hydrogen-bond donors (Lipinski definition) is 0. The van der Waals surface area contributed by atoms with E-state index in [4.69, 9.17) is 9.47 Å². The molecule has 0 aromatic heterocycles. The summed E-state index contributed by atoms with van der Waals surface area (Å²) in [5.41, 5.74) is 1.65. The average molecular weight is 384 g/mol. The van der Waals surface area contributed by atoms with Gasteiger partial charge in [0.05, 0.1) is 6.10 Å². The number of carbonyl (C=O) groups is 1. The van der Waals surface area contributed by atoms with Gasteiger partial charge in [0.1, 0.15) is 18.2 Å². The predicted molar refractivity (Wildman–Crippen MR) is 105 cm³/mol. The molecule has 28 heavy (non-hydrogen) atoms. The zero-order chi connectivity index (χ0) is 19.3. The van der Waals surface area contributed by atoms with Crippen LogP contribution in [0.25, 0.3) is 0 Å². The molecule has 0 N–H and O–H groups in total. The molecule has 1 atom stereocenters. The zero-order valence-corrected chi connectivity index (χ0v) is 15.9. The first-order valence-electron chi connectivity index (χ1n) is 9.83. The van der Waals surface area contributed by atoms with Crippen LogP contribution in [0.3, 0.4) is 0 Å². The minimum atomic E-state index is -0.235. The van der Waals surface area contributed by atoms with Crippen molar-refractivity contribution in [1.29, 1.82) is 0 Å². The molecule has 5 nitrogen and oxygen atoms in total. The molecular formula is C22H25FN2O3. The van der Waals surface area contributed by atoms with Crippen LogP contribution in [0.2, 0.25) is 0 Å². The maximum atomic E-state index is 13.1. The molecule has 0 aliphatic carbocycles. The first kappa shape index (κ1) is 18.7. The van der Waals surface area contributed by atoms with Crippen LogP contribution in [-0.4, -0.2) is 56.3 Å². The van der Waals surface area contributed by atoms with Gasteiger partial charge in [0.25, 0.3) is 5.91 Å². The van der Waals surface area contributed by atoms with Crippen molar-refractivity contribution in [2.45, 2.75) is 18.9 Å². The Kier molecular flexibility index (Phi) is 5.76. The third-order valence-corrected chi connectivity index (χ3v) is 5.32. The van der Waals surface area contributed by atoms with Gasteiger partial charge in [-0.05, 0) is 61.4 Å². The molecule has 2 aliphatic rings. The molecule has 0 bridgehead atoms. The summed E-state index contributed by atoms with van der Waals surface area (Å²) in [6.07, 6.45) is 2.31. The quantitative estimate of drug-likeness (QED) is 0.793. The van der Waals surface area contributed by atoms with Gasteiger partial charge in [-0.3, -0.25) is 4.79 Å². The Labute approximate surface area is 164 Å². The van der Waals surface area contributed by atoms with Crippen LogP contribution in [0, 0.1) is 5.82 Å². The minimum Gasteiger partial charge on any atom is -0.491 e. The Morgan fingerprint density at radius 2 is 1.75 bits per heavy atom. The van der Waals surface area contributed by atoms with Crippen LogP contribution in [-0.2, 0) is 4.74 Å². The predicted octanol–water partition coefficient (Wildman–Crippen LogP) is 3.35. The molecule has 0 unspecified atom stereocenters. The van der Waals surface area contributed by atoms with Crippen molar-refractivity contribution >= 4 is 11.6 Å². The van der Waals surface area contributed by atoms with Gasteiger partial charge in [0, 0.05) is 44.0 Å². The number of anilines is 1. The summed E-state index contributed by atoms with van der Waals surface area (Å²) in [6.45, 7) is 4.13. The Bertz CT molecular complexity index is 780. The number of ether oxygens (including phenoxy) is 2. The van der Waals surface area contributed by atoms with Gasteiger partial charge in [-0.2, -0.15) is 0 Å². The molecule has 1 amide bonds. The highest BCUT2D eigenvalue weighted by Crippen LogP contribution is 2.20. The Hall–Kier alpha value is -2.60. The highest BCUT2D eigenvalue weighted by molar-refractivity contribution is 5.94. The van der Waals surface area contributed by atoms with E-state index in [1.54, 1.807) is 12.1 Å². The molecule has 2 saturated heterocycles. The van der Waals surface area contributed by atoms with Crippen molar-refractivity contribution in [3.63, 3.8) is 0 Å². The molecule has 0 saturated carbocycles. The number of nitrogens with zero attached hydrogens (tertiary/aromatic N) is 2. The Balaban J connectivity index is 1.29. The van der Waals surface area contributed by atoms with Crippen LogP contribution >= 0.6 is 0 Å². The van der Waals surface area contributed by atoms with Crippen LogP contribution in [0.4, 0.5) is 10.1 Å². The van der Waals surface area contributed by atoms with Gasteiger partial charge in [0.2, 0.25) is 0 Å². The van der Waals surface area contributed by atoms with Crippen LogP contribution in [0.15, 0.2) is 48.5 Å². The molecular weight excluding hydrogens is 359 g/mol. The van der Waals surface area contributed by atoms with E-state index < -0.39 is 0 Å². The number of piperazine rings is 1. The van der Waals surface area contributed by atoms with Crippen molar-refractivity contribution < 1.29 is 18.7 Å². The van der Waals surface area contributed by atoms with Gasteiger partial charge in [-0.1, -0.05) is 0 Å². The van der Waals surface area contributed by atoms with Crippen LogP contribution < -0.4 is 9.64 Å². The maximum absolute atomic E-state index is 13.1. The molecule has 0 spiro atoms. The Morgan fingerprint density at radius 1 is 1.04 bits per heavy atom. The Morgan fingerprint density at radius 3 is 2.39 bits per heavy atom. The summed E-state index contributed by atoms with van der Waals surface area (Å²) in [7, 11) is 0. The van der Waals surface area contributed by atoms with E-state index in [0.717, 1.165) is 44.0 Å². The first-order chi connectivity index (χ1) is 13.7. The molecule has 2 aromatic carbocycles. The van der Waals surface area contributed by atoms with Crippen molar-refractivity contribution in [1.82, 2.24) is 4.90 Å². The van der Waals surface area contributed by atoms with Crippen LogP contribution in [0.1, 0.15) is 23.2 Å². The van der Waals surface area contributed by atoms with Crippen LogP contribution in [0.5, 0.6) is 5.75 Å². The summed E-state index contributed by atoms with van der Waals surface area (Å²) in [5.74, 6) is 0.554. The second kappa shape index (κ2) is 8.61. The lowest BCUT2D eigenvalue weighted by atomic mass is 10.1. The van der Waals surface area contributed by atoms with E-state index in [0.29, 0.717) is 25.3 Å². The monoisotopic (exact) mass is 384 g/mol. The molecule has 2 aromatic rings. The number of hydrogen-bond acceptors (Lipinski definition) is 4.